The zero-order chi connectivity index (χ0) is 26.6. The first kappa shape index (κ1) is 27.0. The standard InChI is InChI=1S/C26H22FNO3S.C3H9N/c1-14(2)17-6-7-23(31-24-15(3)8-18(27)9-16(24)4)20(10-17)22-12-28(5)26(30)25-21(22)11-19(13-29)32-25;1-3-4-2/h6-13H,1H2,2-5H3;4H,3H2,1-2H3. The predicted molar refractivity (Wildman–Crippen MR) is 148 cm³/mol. The van der Waals surface area contributed by atoms with E-state index in [0.29, 0.717) is 37.6 Å². The summed E-state index contributed by atoms with van der Waals surface area (Å²) in [7, 11) is 3.61. The molecule has 36 heavy (non-hydrogen) atoms. The number of thiophene rings is 1. The molecule has 0 aliphatic carbocycles. The molecule has 0 amide bonds. The van der Waals surface area contributed by atoms with Crippen molar-refractivity contribution in [3.63, 3.8) is 0 Å². The van der Waals surface area contributed by atoms with E-state index in [1.54, 1.807) is 33.2 Å². The summed E-state index contributed by atoms with van der Waals surface area (Å²) < 4.78 is 22.1. The molecule has 0 atom stereocenters. The predicted octanol–water partition coefficient (Wildman–Crippen LogP) is 6.89. The number of hydrogen-bond donors (Lipinski definition) is 1. The highest BCUT2D eigenvalue weighted by molar-refractivity contribution is 7.20. The molecule has 4 aromatic rings. The summed E-state index contributed by atoms with van der Waals surface area (Å²) >= 11 is 1.17. The molecule has 0 saturated carbocycles. The highest BCUT2D eigenvalue weighted by Gasteiger charge is 2.18. The maximum atomic E-state index is 13.8. The van der Waals surface area contributed by atoms with Crippen molar-refractivity contribution in [1.82, 2.24) is 9.88 Å². The minimum absolute atomic E-state index is 0.161. The smallest absolute Gasteiger partial charge is 0.268 e. The van der Waals surface area contributed by atoms with Crippen LogP contribution in [0.4, 0.5) is 4.39 Å². The van der Waals surface area contributed by atoms with Gasteiger partial charge in [-0.15, -0.1) is 11.3 Å². The quantitative estimate of drug-likeness (QED) is 0.289. The number of aromatic nitrogens is 1. The number of carbonyl (C=O) groups excluding carboxylic acids is 1. The third kappa shape index (κ3) is 5.64. The summed E-state index contributed by atoms with van der Waals surface area (Å²) in [6.45, 7) is 12.7. The van der Waals surface area contributed by atoms with E-state index in [2.05, 4.69) is 18.8 Å². The third-order valence-corrected chi connectivity index (χ3v) is 6.80. The van der Waals surface area contributed by atoms with Crippen LogP contribution in [0.3, 0.4) is 0 Å². The first-order chi connectivity index (χ1) is 17.1. The Hall–Kier alpha value is -3.55. The molecule has 2 aromatic heterocycles. The first-order valence-electron chi connectivity index (χ1n) is 11.6. The van der Waals surface area contributed by atoms with Crippen molar-refractivity contribution in [2.75, 3.05) is 13.6 Å². The van der Waals surface area contributed by atoms with Crippen LogP contribution in [0.5, 0.6) is 11.5 Å². The van der Waals surface area contributed by atoms with Gasteiger partial charge in [-0.1, -0.05) is 25.1 Å². The number of rotatable bonds is 6. The number of fused-ring (bicyclic) bond motifs is 1. The van der Waals surface area contributed by atoms with E-state index in [0.717, 1.165) is 35.1 Å². The number of aldehydes is 1. The number of nitrogens with zero attached hydrogens (tertiary/aromatic N) is 1. The largest absolute Gasteiger partial charge is 0.456 e. The molecule has 0 saturated heterocycles. The highest BCUT2D eigenvalue weighted by atomic mass is 32.1. The van der Waals surface area contributed by atoms with E-state index in [4.69, 9.17) is 4.74 Å². The fraction of sp³-hybridized carbons (Fsp3) is 0.241. The monoisotopic (exact) mass is 506 g/mol. The van der Waals surface area contributed by atoms with Gasteiger partial charge in [0.2, 0.25) is 0 Å². The van der Waals surface area contributed by atoms with Gasteiger partial charge in [-0.3, -0.25) is 9.59 Å². The molecule has 188 valence electrons. The van der Waals surface area contributed by atoms with Crippen LogP contribution in [0.1, 0.15) is 40.2 Å². The molecule has 1 N–H and O–H groups in total. The number of hydrogen-bond acceptors (Lipinski definition) is 5. The molecule has 0 fully saturated rings. The Morgan fingerprint density at radius 3 is 2.36 bits per heavy atom. The number of ether oxygens (including phenoxy) is 1. The number of nitrogens with one attached hydrogen (secondary N) is 1. The van der Waals surface area contributed by atoms with E-state index in [1.807, 2.05) is 32.2 Å². The Balaban J connectivity index is 0.000000840. The zero-order valence-corrected chi connectivity index (χ0v) is 22.3. The second kappa shape index (κ2) is 11.5. The lowest BCUT2D eigenvalue weighted by Crippen LogP contribution is -2.15. The van der Waals surface area contributed by atoms with Crippen molar-refractivity contribution < 1.29 is 13.9 Å². The molecule has 0 radical (unpaired) electrons. The molecular weight excluding hydrogens is 475 g/mol. The number of halogens is 1. The van der Waals surface area contributed by atoms with Gasteiger partial charge in [0.05, 0.1) is 4.88 Å². The summed E-state index contributed by atoms with van der Waals surface area (Å²) in [6, 6.07) is 10.3. The lowest BCUT2D eigenvalue weighted by Gasteiger charge is -2.17. The summed E-state index contributed by atoms with van der Waals surface area (Å²) in [5.41, 5.74) is 4.53. The van der Waals surface area contributed by atoms with Gasteiger partial charge in [-0.25, -0.2) is 4.39 Å². The van der Waals surface area contributed by atoms with Gasteiger partial charge in [0.15, 0.2) is 6.29 Å². The molecule has 0 unspecified atom stereocenters. The second-order valence-corrected chi connectivity index (χ2v) is 9.72. The van der Waals surface area contributed by atoms with Gasteiger partial charge in [0, 0.05) is 29.8 Å². The van der Waals surface area contributed by atoms with Crippen LogP contribution in [0, 0.1) is 19.7 Å². The summed E-state index contributed by atoms with van der Waals surface area (Å²) in [5, 5.41) is 3.62. The number of aryl methyl sites for hydroxylation is 3. The molecule has 0 aliphatic rings. The molecular formula is C29H31FN2O3S. The van der Waals surface area contributed by atoms with Gasteiger partial charge >= 0.3 is 0 Å². The van der Waals surface area contributed by atoms with Crippen molar-refractivity contribution in [2.24, 2.45) is 7.05 Å². The van der Waals surface area contributed by atoms with E-state index in [9.17, 15) is 14.0 Å². The Morgan fingerprint density at radius 1 is 1.17 bits per heavy atom. The molecule has 4 rings (SSSR count). The van der Waals surface area contributed by atoms with Crippen LogP contribution < -0.4 is 15.6 Å². The van der Waals surface area contributed by atoms with Crippen molar-refractivity contribution in [2.45, 2.75) is 27.7 Å². The Morgan fingerprint density at radius 2 is 1.81 bits per heavy atom. The molecule has 0 bridgehead atoms. The number of carbonyl (C=O) groups is 1. The molecule has 7 heteroatoms. The Bertz CT molecular complexity index is 1480. The Kier molecular flexibility index (Phi) is 8.61. The van der Waals surface area contributed by atoms with E-state index in [1.165, 1.54) is 28.0 Å². The SMILES string of the molecule is C=C(C)c1ccc(Oc2c(C)cc(F)cc2C)c(-c2cn(C)c(=O)c3sc(C=O)cc23)c1.CCNC. The van der Waals surface area contributed by atoms with Crippen LogP contribution >= 0.6 is 11.3 Å². The third-order valence-electron chi connectivity index (χ3n) is 5.75. The van der Waals surface area contributed by atoms with Crippen LogP contribution in [0.15, 0.2) is 54.0 Å². The highest BCUT2D eigenvalue weighted by Crippen LogP contribution is 2.41. The minimum atomic E-state index is -0.315. The summed E-state index contributed by atoms with van der Waals surface area (Å²) in [5.74, 6) is 0.826. The minimum Gasteiger partial charge on any atom is -0.456 e. The zero-order valence-electron chi connectivity index (χ0n) is 21.5. The average molecular weight is 507 g/mol. The summed E-state index contributed by atoms with van der Waals surface area (Å²) in [4.78, 5) is 24.6. The number of pyridine rings is 1. The van der Waals surface area contributed by atoms with Crippen molar-refractivity contribution in [3.8, 4) is 22.6 Å². The van der Waals surface area contributed by atoms with Crippen LogP contribution in [-0.4, -0.2) is 24.4 Å². The van der Waals surface area contributed by atoms with E-state index in [-0.39, 0.29) is 11.4 Å². The fourth-order valence-electron chi connectivity index (χ4n) is 3.79. The lowest BCUT2D eigenvalue weighted by molar-refractivity contribution is 0.112. The average Bonchev–Trinajstić information content (AvgIpc) is 3.29. The van der Waals surface area contributed by atoms with Gasteiger partial charge in [0.1, 0.15) is 22.0 Å². The molecule has 2 heterocycles. The molecule has 0 aliphatic heterocycles. The van der Waals surface area contributed by atoms with E-state index < -0.39 is 0 Å². The van der Waals surface area contributed by atoms with Crippen molar-refractivity contribution >= 4 is 33.3 Å². The number of allylic oxidation sites excluding steroid dienone is 1. The lowest BCUT2D eigenvalue weighted by atomic mass is 9.98. The summed E-state index contributed by atoms with van der Waals surface area (Å²) in [6.07, 6.45) is 2.50. The van der Waals surface area contributed by atoms with Crippen LogP contribution in [-0.2, 0) is 7.05 Å². The van der Waals surface area contributed by atoms with Crippen molar-refractivity contribution in [3.05, 3.63) is 86.9 Å². The molecule has 5 nitrogen and oxygen atoms in total. The van der Waals surface area contributed by atoms with Crippen LogP contribution in [0.2, 0.25) is 0 Å². The van der Waals surface area contributed by atoms with Gasteiger partial charge in [0.25, 0.3) is 5.56 Å². The second-order valence-electron chi connectivity index (χ2n) is 8.64. The van der Waals surface area contributed by atoms with Crippen molar-refractivity contribution in [1.29, 1.82) is 0 Å². The van der Waals surface area contributed by atoms with E-state index >= 15 is 0 Å². The molecule has 0 spiro atoms. The maximum absolute atomic E-state index is 13.8. The van der Waals surface area contributed by atoms with Crippen LogP contribution in [0.25, 0.3) is 26.8 Å². The number of benzene rings is 2. The normalized spacial score (nSPS) is 10.6. The Labute approximate surface area is 214 Å². The fourth-order valence-corrected chi connectivity index (χ4v) is 4.76. The van der Waals surface area contributed by atoms with Gasteiger partial charge in [-0.05, 0) is 81.4 Å². The molecule has 2 aromatic carbocycles. The van der Waals surface area contributed by atoms with Gasteiger partial charge < -0.3 is 14.6 Å². The van der Waals surface area contributed by atoms with Gasteiger partial charge in [-0.2, -0.15) is 0 Å². The first-order valence-corrected chi connectivity index (χ1v) is 12.4. The topological polar surface area (TPSA) is 60.3 Å². The maximum Gasteiger partial charge on any atom is 0.268 e.